The second kappa shape index (κ2) is 5.94. The Morgan fingerprint density at radius 1 is 1.35 bits per heavy atom. The molecule has 0 aliphatic carbocycles. The van der Waals surface area contributed by atoms with Crippen molar-refractivity contribution in [3.05, 3.63) is 41.8 Å². The number of esters is 1. The number of ether oxygens (including phenoxy) is 2. The number of hydrogen-bond donors (Lipinski definition) is 0. The summed E-state index contributed by atoms with van der Waals surface area (Å²) in [6, 6.07) is 7.47. The molecule has 0 atom stereocenters. The van der Waals surface area contributed by atoms with Gasteiger partial charge in [-0.15, -0.1) is 0 Å². The van der Waals surface area contributed by atoms with Crippen LogP contribution in [0.5, 0.6) is 5.75 Å². The van der Waals surface area contributed by atoms with Crippen molar-refractivity contribution >= 4 is 5.97 Å². The number of nitrogens with zero attached hydrogens (tertiary/aromatic N) is 1. The Morgan fingerprint density at radius 3 is 2.59 bits per heavy atom. The molecule has 92 valence electrons. The molecular formula is C13H17NO3. The summed E-state index contributed by atoms with van der Waals surface area (Å²) in [7, 11) is 4.94. The SMILES string of the molecule is COC(=O)/C(=C\N(C)C)Oc1cccc(C)c1. The van der Waals surface area contributed by atoms with Crippen LogP contribution in [0, 0.1) is 6.92 Å². The Hall–Kier alpha value is -1.97. The highest BCUT2D eigenvalue weighted by molar-refractivity contribution is 5.86. The van der Waals surface area contributed by atoms with Crippen molar-refractivity contribution in [2.75, 3.05) is 21.2 Å². The number of methoxy groups -OCH3 is 1. The zero-order valence-corrected chi connectivity index (χ0v) is 10.6. The second-order valence-electron chi connectivity index (χ2n) is 3.87. The second-order valence-corrected chi connectivity index (χ2v) is 3.87. The van der Waals surface area contributed by atoms with Crippen molar-refractivity contribution in [1.82, 2.24) is 4.90 Å². The van der Waals surface area contributed by atoms with Gasteiger partial charge >= 0.3 is 5.97 Å². The predicted octanol–water partition coefficient (Wildman–Crippen LogP) is 1.95. The van der Waals surface area contributed by atoms with Crippen LogP contribution in [-0.2, 0) is 9.53 Å². The van der Waals surface area contributed by atoms with Gasteiger partial charge in [0.25, 0.3) is 0 Å². The number of carbonyl (C=O) groups excluding carboxylic acids is 1. The molecule has 1 aromatic rings. The van der Waals surface area contributed by atoms with E-state index < -0.39 is 5.97 Å². The Labute approximate surface area is 101 Å². The van der Waals surface area contributed by atoms with Crippen molar-refractivity contribution in [2.45, 2.75) is 6.92 Å². The van der Waals surface area contributed by atoms with Gasteiger partial charge in [0.15, 0.2) is 0 Å². The first-order valence-electron chi connectivity index (χ1n) is 5.24. The van der Waals surface area contributed by atoms with Crippen molar-refractivity contribution in [2.24, 2.45) is 0 Å². The molecule has 4 heteroatoms. The third-order valence-electron chi connectivity index (χ3n) is 1.98. The van der Waals surface area contributed by atoms with E-state index in [-0.39, 0.29) is 5.76 Å². The first kappa shape index (κ1) is 13.1. The average Bonchev–Trinajstić information content (AvgIpc) is 2.26. The molecule has 0 saturated carbocycles. The van der Waals surface area contributed by atoms with Gasteiger partial charge in [-0.1, -0.05) is 12.1 Å². The third-order valence-corrected chi connectivity index (χ3v) is 1.98. The van der Waals surface area contributed by atoms with Crippen molar-refractivity contribution in [3.63, 3.8) is 0 Å². The molecule has 17 heavy (non-hydrogen) atoms. The Balaban J connectivity index is 2.91. The van der Waals surface area contributed by atoms with Crippen LogP contribution in [0.4, 0.5) is 0 Å². The highest BCUT2D eigenvalue weighted by Crippen LogP contribution is 2.16. The lowest BCUT2D eigenvalue weighted by molar-refractivity contribution is -0.138. The normalized spacial score (nSPS) is 10.9. The summed E-state index contributed by atoms with van der Waals surface area (Å²) in [5.41, 5.74) is 1.07. The Bertz CT molecular complexity index is 424. The quantitative estimate of drug-likeness (QED) is 0.454. The summed E-state index contributed by atoms with van der Waals surface area (Å²) in [4.78, 5) is 13.2. The predicted molar refractivity (Wildman–Crippen MR) is 65.6 cm³/mol. The Morgan fingerprint density at radius 2 is 2.06 bits per heavy atom. The minimum absolute atomic E-state index is 0.156. The minimum atomic E-state index is -0.500. The molecule has 0 aliphatic heterocycles. The van der Waals surface area contributed by atoms with Crippen LogP contribution in [0.25, 0.3) is 0 Å². The molecule has 4 nitrogen and oxygen atoms in total. The minimum Gasteiger partial charge on any atom is -0.463 e. The maximum atomic E-state index is 11.5. The third kappa shape index (κ3) is 4.18. The molecule has 0 radical (unpaired) electrons. The van der Waals surface area contributed by atoms with Crippen LogP contribution >= 0.6 is 0 Å². The first-order valence-corrected chi connectivity index (χ1v) is 5.24. The maximum absolute atomic E-state index is 11.5. The molecule has 1 aromatic carbocycles. The van der Waals surface area contributed by atoms with E-state index in [1.165, 1.54) is 7.11 Å². The summed E-state index contributed by atoms with van der Waals surface area (Å²) in [6.45, 7) is 1.96. The summed E-state index contributed by atoms with van der Waals surface area (Å²) in [6.07, 6.45) is 1.58. The number of benzene rings is 1. The summed E-state index contributed by atoms with van der Waals surface area (Å²) in [5.74, 6) is 0.270. The molecular weight excluding hydrogens is 218 g/mol. The van der Waals surface area contributed by atoms with E-state index in [0.29, 0.717) is 5.75 Å². The van der Waals surface area contributed by atoms with Gasteiger partial charge in [0, 0.05) is 20.3 Å². The lowest BCUT2D eigenvalue weighted by Crippen LogP contribution is -2.15. The number of aryl methyl sites for hydroxylation is 1. The highest BCUT2D eigenvalue weighted by atomic mass is 16.6. The van der Waals surface area contributed by atoms with Gasteiger partial charge in [-0.3, -0.25) is 0 Å². The fraction of sp³-hybridized carbons (Fsp3) is 0.308. The van der Waals surface area contributed by atoms with E-state index in [1.54, 1.807) is 17.2 Å². The molecule has 0 saturated heterocycles. The molecule has 0 bridgehead atoms. The Kier molecular flexibility index (Phi) is 4.57. The molecule has 0 N–H and O–H groups in total. The van der Waals surface area contributed by atoms with Gasteiger partial charge in [-0.2, -0.15) is 0 Å². The fourth-order valence-corrected chi connectivity index (χ4v) is 1.26. The van der Waals surface area contributed by atoms with Crippen LogP contribution in [0.1, 0.15) is 5.56 Å². The van der Waals surface area contributed by atoms with Gasteiger partial charge in [0.05, 0.1) is 7.11 Å². The molecule has 1 rings (SSSR count). The number of carbonyl (C=O) groups is 1. The van der Waals surface area contributed by atoms with E-state index >= 15 is 0 Å². The lowest BCUT2D eigenvalue weighted by Gasteiger charge is -2.11. The monoisotopic (exact) mass is 235 g/mol. The summed E-state index contributed by atoms with van der Waals surface area (Å²) in [5, 5.41) is 0. The van der Waals surface area contributed by atoms with Crippen LogP contribution in [0.15, 0.2) is 36.2 Å². The van der Waals surface area contributed by atoms with E-state index in [9.17, 15) is 4.79 Å². The molecule has 0 heterocycles. The zero-order valence-electron chi connectivity index (χ0n) is 10.6. The largest absolute Gasteiger partial charge is 0.463 e. The maximum Gasteiger partial charge on any atom is 0.375 e. The first-order chi connectivity index (χ1) is 8.02. The van der Waals surface area contributed by atoms with Crippen LogP contribution in [0.3, 0.4) is 0 Å². The standard InChI is InChI=1S/C13H17NO3/c1-10-6-5-7-11(8-10)17-12(9-14(2)3)13(15)16-4/h5-9H,1-4H3/b12-9+. The van der Waals surface area contributed by atoms with Crippen LogP contribution in [0.2, 0.25) is 0 Å². The van der Waals surface area contributed by atoms with Gasteiger partial charge in [-0.25, -0.2) is 4.79 Å². The van der Waals surface area contributed by atoms with Crippen molar-refractivity contribution in [3.8, 4) is 5.75 Å². The van der Waals surface area contributed by atoms with Gasteiger partial charge < -0.3 is 14.4 Å². The van der Waals surface area contributed by atoms with E-state index in [1.807, 2.05) is 39.2 Å². The van der Waals surface area contributed by atoms with Gasteiger partial charge in [0.2, 0.25) is 5.76 Å². The molecule has 0 aliphatic rings. The van der Waals surface area contributed by atoms with Gasteiger partial charge in [0.1, 0.15) is 5.75 Å². The number of hydrogen-bond acceptors (Lipinski definition) is 4. The highest BCUT2D eigenvalue weighted by Gasteiger charge is 2.12. The van der Waals surface area contributed by atoms with Gasteiger partial charge in [-0.05, 0) is 24.6 Å². The molecule has 0 unspecified atom stereocenters. The molecule has 0 amide bonds. The van der Waals surface area contributed by atoms with Crippen LogP contribution in [-0.4, -0.2) is 32.1 Å². The average molecular weight is 235 g/mol. The fourth-order valence-electron chi connectivity index (χ4n) is 1.26. The topological polar surface area (TPSA) is 38.8 Å². The van der Waals surface area contributed by atoms with Crippen LogP contribution < -0.4 is 4.74 Å². The zero-order chi connectivity index (χ0) is 12.8. The van der Waals surface area contributed by atoms with Crippen molar-refractivity contribution < 1.29 is 14.3 Å². The molecule has 0 aromatic heterocycles. The van der Waals surface area contributed by atoms with E-state index in [4.69, 9.17) is 4.74 Å². The lowest BCUT2D eigenvalue weighted by atomic mass is 10.2. The van der Waals surface area contributed by atoms with E-state index in [0.717, 1.165) is 5.56 Å². The summed E-state index contributed by atoms with van der Waals surface area (Å²) >= 11 is 0. The number of rotatable bonds is 4. The van der Waals surface area contributed by atoms with E-state index in [2.05, 4.69) is 4.74 Å². The summed E-state index contributed by atoms with van der Waals surface area (Å²) < 4.78 is 10.2. The molecule has 0 spiro atoms. The molecule has 0 fully saturated rings. The van der Waals surface area contributed by atoms with Crippen molar-refractivity contribution in [1.29, 1.82) is 0 Å². The smallest absolute Gasteiger partial charge is 0.375 e.